The molecule has 12 heavy (non-hydrogen) atoms. The summed E-state index contributed by atoms with van der Waals surface area (Å²) in [6.45, 7) is 3.56. The number of carbonyl (C=O) groups excluding carboxylic acids is 1. The van der Waals surface area contributed by atoms with Crippen LogP contribution in [0.2, 0.25) is 0 Å². The lowest BCUT2D eigenvalue weighted by Crippen LogP contribution is -2.40. The molecule has 1 saturated heterocycles. The topological polar surface area (TPSA) is 41.1 Å². The van der Waals surface area contributed by atoms with Crippen molar-refractivity contribution in [1.82, 2.24) is 10.6 Å². The second-order valence-electron chi connectivity index (χ2n) is 2.96. The molecule has 2 N–H and O–H groups in total. The van der Waals surface area contributed by atoms with E-state index >= 15 is 0 Å². The first-order valence-electron chi connectivity index (χ1n) is 4.47. The summed E-state index contributed by atoms with van der Waals surface area (Å²) in [6, 6.07) is 0.0512. The second kappa shape index (κ2) is 4.93. The molecule has 0 spiro atoms. The van der Waals surface area contributed by atoms with Gasteiger partial charge >= 0.3 is 0 Å². The van der Waals surface area contributed by atoms with Crippen LogP contribution in [0, 0.1) is 0 Å². The van der Waals surface area contributed by atoms with Gasteiger partial charge in [0.2, 0.25) is 5.91 Å². The van der Waals surface area contributed by atoms with E-state index in [2.05, 4.69) is 10.6 Å². The van der Waals surface area contributed by atoms with Gasteiger partial charge in [-0.15, -0.1) is 0 Å². The van der Waals surface area contributed by atoms with E-state index in [1.54, 1.807) is 0 Å². The Labute approximate surface area is 73.2 Å². The summed E-state index contributed by atoms with van der Waals surface area (Å²) in [5.41, 5.74) is 0. The predicted molar refractivity (Wildman–Crippen MR) is 48.8 cm³/mol. The van der Waals surface area contributed by atoms with Gasteiger partial charge in [-0.25, -0.2) is 0 Å². The molecule has 0 aromatic carbocycles. The van der Waals surface area contributed by atoms with E-state index in [-0.39, 0.29) is 11.9 Å². The molecule has 0 bridgehead atoms. The van der Waals surface area contributed by atoms with Crippen LogP contribution >= 0.6 is 0 Å². The number of carbonyl (C=O) groups is 1. The monoisotopic (exact) mass is 168 g/mol. The van der Waals surface area contributed by atoms with Crippen LogP contribution in [-0.4, -0.2) is 25.0 Å². The zero-order valence-electron chi connectivity index (χ0n) is 7.47. The summed E-state index contributed by atoms with van der Waals surface area (Å²) in [5.74, 6) is 0.130. The van der Waals surface area contributed by atoms with Crippen LogP contribution in [0.15, 0.2) is 12.2 Å². The fourth-order valence-electron chi connectivity index (χ4n) is 1.31. The van der Waals surface area contributed by atoms with Crippen molar-refractivity contribution in [2.75, 3.05) is 13.1 Å². The Balaban J connectivity index is 2.18. The summed E-state index contributed by atoms with van der Waals surface area (Å²) in [5, 5.41) is 5.98. The average molecular weight is 168 g/mol. The van der Waals surface area contributed by atoms with Crippen LogP contribution < -0.4 is 10.6 Å². The van der Waals surface area contributed by atoms with Gasteiger partial charge in [0.1, 0.15) is 0 Å². The minimum absolute atomic E-state index is 0.0512. The lowest BCUT2D eigenvalue weighted by Gasteiger charge is -2.08. The number of hydrogen-bond acceptors (Lipinski definition) is 2. The van der Waals surface area contributed by atoms with Gasteiger partial charge in [0.15, 0.2) is 0 Å². The molecular formula is C9H16N2O. The SMILES string of the molecule is C/C=C/CNC(=O)C1CCCN1. The summed E-state index contributed by atoms with van der Waals surface area (Å²) in [7, 11) is 0. The van der Waals surface area contributed by atoms with Crippen LogP contribution in [0.5, 0.6) is 0 Å². The van der Waals surface area contributed by atoms with Crippen molar-refractivity contribution in [3.63, 3.8) is 0 Å². The van der Waals surface area contributed by atoms with Crippen LogP contribution in [0.25, 0.3) is 0 Å². The molecule has 1 aliphatic rings. The van der Waals surface area contributed by atoms with E-state index in [4.69, 9.17) is 0 Å². The molecule has 0 aromatic heterocycles. The molecule has 3 nitrogen and oxygen atoms in total. The first-order chi connectivity index (χ1) is 5.84. The molecule has 1 rings (SSSR count). The zero-order chi connectivity index (χ0) is 8.81. The predicted octanol–water partition coefficient (Wildman–Crippen LogP) is 0.431. The lowest BCUT2D eigenvalue weighted by atomic mass is 10.2. The van der Waals surface area contributed by atoms with Gasteiger partial charge in [-0.3, -0.25) is 4.79 Å². The van der Waals surface area contributed by atoms with Crippen molar-refractivity contribution >= 4 is 5.91 Å². The van der Waals surface area contributed by atoms with Crippen LogP contribution in [-0.2, 0) is 4.79 Å². The number of rotatable bonds is 3. The molecule has 0 aliphatic carbocycles. The maximum Gasteiger partial charge on any atom is 0.237 e. The maximum atomic E-state index is 11.3. The lowest BCUT2D eigenvalue weighted by molar-refractivity contribution is -0.122. The molecule has 3 heteroatoms. The van der Waals surface area contributed by atoms with Crippen molar-refractivity contribution in [1.29, 1.82) is 0 Å². The summed E-state index contributed by atoms with van der Waals surface area (Å²) >= 11 is 0. The highest BCUT2D eigenvalue weighted by molar-refractivity contribution is 5.82. The fourth-order valence-corrected chi connectivity index (χ4v) is 1.31. The molecule has 68 valence electrons. The fraction of sp³-hybridized carbons (Fsp3) is 0.667. The molecular weight excluding hydrogens is 152 g/mol. The Kier molecular flexibility index (Phi) is 3.80. The van der Waals surface area contributed by atoms with Crippen molar-refractivity contribution in [3.05, 3.63) is 12.2 Å². The van der Waals surface area contributed by atoms with Crippen molar-refractivity contribution in [2.45, 2.75) is 25.8 Å². The van der Waals surface area contributed by atoms with Crippen molar-refractivity contribution < 1.29 is 4.79 Å². The normalized spacial score (nSPS) is 23.2. The van der Waals surface area contributed by atoms with Crippen LogP contribution in [0.1, 0.15) is 19.8 Å². The summed E-state index contributed by atoms with van der Waals surface area (Å²) in [4.78, 5) is 11.3. The van der Waals surface area contributed by atoms with Gasteiger partial charge in [-0.1, -0.05) is 12.2 Å². The number of allylic oxidation sites excluding steroid dienone is 1. The number of hydrogen-bond donors (Lipinski definition) is 2. The quantitative estimate of drug-likeness (QED) is 0.600. The van der Waals surface area contributed by atoms with Gasteiger partial charge in [-0.05, 0) is 26.3 Å². The Morgan fingerprint density at radius 2 is 2.58 bits per heavy atom. The van der Waals surface area contributed by atoms with Crippen molar-refractivity contribution in [2.24, 2.45) is 0 Å². The highest BCUT2D eigenvalue weighted by Crippen LogP contribution is 2.03. The first-order valence-corrected chi connectivity index (χ1v) is 4.47. The average Bonchev–Trinajstić information content (AvgIpc) is 2.56. The highest BCUT2D eigenvalue weighted by Gasteiger charge is 2.20. The largest absolute Gasteiger partial charge is 0.351 e. The molecule has 0 aromatic rings. The smallest absolute Gasteiger partial charge is 0.237 e. The Morgan fingerprint density at radius 1 is 1.75 bits per heavy atom. The number of amides is 1. The number of nitrogens with one attached hydrogen (secondary N) is 2. The molecule has 1 atom stereocenters. The van der Waals surface area contributed by atoms with Gasteiger partial charge in [-0.2, -0.15) is 0 Å². The van der Waals surface area contributed by atoms with Crippen LogP contribution in [0.3, 0.4) is 0 Å². The van der Waals surface area contributed by atoms with E-state index in [9.17, 15) is 4.79 Å². The van der Waals surface area contributed by atoms with Crippen molar-refractivity contribution in [3.8, 4) is 0 Å². The summed E-state index contributed by atoms with van der Waals surface area (Å²) in [6.07, 6.45) is 5.96. The summed E-state index contributed by atoms with van der Waals surface area (Å²) < 4.78 is 0. The highest BCUT2D eigenvalue weighted by atomic mass is 16.2. The van der Waals surface area contributed by atoms with Gasteiger partial charge in [0.25, 0.3) is 0 Å². The van der Waals surface area contributed by atoms with E-state index < -0.39 is 0 Å². The standard InChI is InChI=1S/C9H16N2O/c1-2-3-6-11-9(12)8-5-4-7-10-8/h2-3,8,10H,4-7H2,1H3,(H,11,12)/b3-2+. The third-order valence-electron chi connectivity index (χ3n) is 2.01. The van der Waals surface area contributed by atoms with Crippen LogP contribution in [0.4, 0.5) is 0 Å². The third-order valence-corrected chi connectivity index (χ3v) is 2.01. The molecule has 1 unspecified atom stereocenters. The molecule has 0 saturated carbocycles. The second-order valence-corrected chi connectivity index (χ2v) is 2.96. The van der Waals surface area contributed by atoms with E-state index in [1.165, 1.54) is 0 Å². The molecule has 1 aliphatic heterocycles. The zero-order valence-corrected chi connectivity index (χ0v) is 7.47. The van der Waals surface area contributed by atoms with E-state index in [0.717, 1.165) is 19.4 Å². The molecule has 1 fully saturated rings. The molecule has 0 radical (unpaired) electrons. The minimum Gasteiger partial charge on any atom is -0.351 e. The first kappa shape index (κ1) is 9.26. The van der Waals surface area contributed by atoms with Gasteiger partial charge in [0.05, 0.1) is 6.04 Å². The Morgan fingerprint density at radius 3 is 3.17 bits per heavy atom. The molecule has 1 heterocycles. The Bertz CT molecular complexity index is 171. The van der Waals surface area contributed by atoms with Gasteiger partial charge in [0, 0.05) is 6.54 Å². The van der Waals surface area contributed by atoms with E-state index in [0.29, 0.717) is 6.54 Å². The van der Waals surface area contributed by atoms with E-state index in [1.807, 2.05) is 19.1 Å². The molecule has 1 amide bonds. The third kappa shape index (κ3) is 2.66. The van der Waals surface area contributed by atoms with Gasteiger partial charge < -0.3 is 10.6 Å². The maximum absolute atomic E-state index is 11.3. The minimum atomic E-state index is 0.0512. The Hall–Kier alpha value is -0.830.